The topological polar surface area (TPSA) is 67.3 Å². The minimum atomic E-state index is -3.72. The van der Waals surface area contributed by atoms with Crippen molar-refractivity contribution in [3.63, 3.8) is 0 Å². The van der Waals surface area contributed by atoms with E-state index >= 15 is 0 Å². The van der Waals surface area contributed by atoms with Crippen LogP contribution in [0.5, 0.6) is 0 Å². The van der Waals surface area contributed by atoms with Crippen LogP contribution in [-0.2, 0) is 13.8 Å². The third kappa shape index (κ3) is 3.02. The summed E-state index contributed by atoms with van der Waals surface area (Å²) in [7, 11) is 1.63. The third-order valence-corrected chi connectivity index (χ3v) is 6.22. The fourth-order valence-electron chi connectivity index (χ4n) is 2.42. The second-order valence-electron chi connectivity index (χ2n) is 5.10. The molecular weight excluding hydrogens is 344 g/mol. The van der Waals surface area contributed by atoms with Gasteiger partial charge in [0.2, 0.25) is 15.0 Å². The van der Waals surface area contributed by atoms with Crippen LogP contribution >= 0.6 is 22.0 Å². The van der Waals surface area contributed by atoms with Crippen molar-refractivity contribution in [3.05, 3.63) is 34.7 Å². The lowest BCUT2D eigenvalue weighted by atomic mass is 10.1. The van der Waals surface area contributed by atoms with Crippen molar-refractivity contribution in [2.75, 3.05) is 11.4 Å². The summed E-state index contributed by atoms with van der Waals surface area (Å²) in [5.41, 5.74) is 2.52. The zero-order valence-electron chi connectivity index (χ0n) is 11.7. The molecule has 2 heterocycles. The summed E-state index contributed by atoms with van der Waals surface area (Å²) in [5, 5.41) is 2.12. The molecule has 1 aliphatic heterocycles. The first kappa shape index (κ1) is 15.5. The summed E-state index contributed by atoms with van der Waals surface area (Å²) >= 11 is 1.58. The molecule has 0 N–H and O–H groups in total. The lowest BCUT2D eigenvalue weighted by Gasteiger charge is -2.16. The minimum Gasteiger partial charge on any atom is -0.311 e. The molecule has 0 bridgehead atoms. The molecule has 0 radical (unpaired) electrons. The van der Waals surface area contributed by atoms with Crippen molar-refractivity contribution in [1.29, 1.82) is 0 Å². The molecule has 1 atom stereocenters. The number of nitrogens with zero attached hydrogens (tertiary/aromatic N) is 2. The van der Waals surface area contributed by atoms with Gasteiger partial charge in [-0.1, -0.05) is 12.1 Å². The maximum absolute atomic E-state index is 12.0. The number of hydrogen-bond acceptors (Lipinski definition) is 5. The van der Waals surface area contributed by atoms with Crippen LogP contribution in [0.3, 0.4) is 0 Å². The number of aromatic nitrogens is 1. The molecule has 22 heavy (non-hydrogen) atoms. The Morgan fingerprint density at radius 3 is 2.50 bits per heavy atom. The maximum Gasteiger partial charge on any atom is 0.237 e. The zero-order chi connectivity index (χ0) is 15.9. The summed E-state index contributed by atoms with van der Waals surface area (Å²) in [4.78, 5) is 17.8. The van der Waals surface area contributed by atoms with Gasteiger partial charge in [0.1, 0.15) is 5.25 Å². The smallest absolute Gasteiger partial charge is 0.237 e. The highest BCUT2D eigenvalue weighted by molar-refractivity contribution is 8.14. The van der Waals surface area contributed by atoms with E-state index in [0.29, 0.717) is 5.69 Å². The van der Waals surface area contributed by atoms with Crippen LogP contribution in [0.2, 0.25) is 0 Å². The van der Waals surface area contributed by atoms with Crippen LogP contribution < -0.4 is 4.90 Å². The highest BCUT2D eigenvalue weighted by Crippen LogP contribution is 2.29. The average Bonchev–Trinajstić information content (AvgIpc) is 3.05. The number of thiazole rings is 1. The van der Waals surface area contributed by atoms with Crippen LogP contribution in [0.15, 0.2) is 29.6 Å². The van der Waals surface area contributed by atoms with Crippen LogP contribution in [0.4, 0.5) is 5.69 Å². The van der Waals surface area contributed by atoms with Crippen molar-refractivity contribution >= 4 is 42.7 Å². The first-order valence-corrected chi connectivity index (χ1v) is 9.86. The quantitative estimate of drug-likeness (QED) is 0.793. The van der Waals surface area contributed by atoms with E-state index in [0.717, 1.165) is 16.3 Å². The van der Waals surface area contributed by atoms with Crippen molar-refractivity contribution in [1.82, 2.24) is 4.98 Å². The van der Waals surface area contributed by atoms with Gasteiger partial charge in [-0.2, -0.15) is 0 Å². The number of rotatable bonds is 3. The molecule has 1 amide bonds. The molecule has 2 aromatic rings. The van der Waals surface area contributed by atoms with E-state index in [4.69, 9.17) is 10.7 Å². The van der Waals surface area contributed by atoms with E-state index < -0.39 is 14.3 Å². The Labute approximate surface area is 137 Å². The number of carbonyl (C=O) groups excluding carboxylic acids is 1. The number of halogens is 1. The molecular formula is C14H13ClN2O3S2. The van der Waals surface area contributed by atoms with Crippen molar-refractivity contribution in [3.8, 4) is 11.3 Å². The Morgan fingerprint density at radius 1 is 1.32 bits per heavy atom. The Hall–Kier alpha value is -1.44. The summed E-state index contributed by atoms with van der Waals surface area (Å²) in [5.74, 6) is -0.230. The molecule has 0 aliphatic carbocycles. The largest absolute Gasteiger partial charge is 0.311 e. The molecule has 1 aromatic heterocycles. The molecule has 3 rings (SSSR count). The zero-order valence-corrected chi connectivity index (χ0v) is 14.1. The van der Waals surface area contributed by atoms with Crippen LogP contribution in [-0.4, -0.2) is 31.1 Å². The van der Waals surface area contributed by atoms with Gasteiger partial charge in [-0.3, -0.25) is 4.79 Å². The second-order valence-corrected chi connectivity index (χ2v) is 9.08. The molecule has 0 spiro atoms. The molecule has 0 saturated carbocycles. The molecule has 8 heteroatoms. The van der Waals surface area contributed by atoms with Crippen LogP contribution in [0.1, 0.15) is 11.4 Å². The minimum absolute atomic E-state index is 0.0706. The lowest BCUT2D eigenvalue weighted by molar-refractivity contribution is -0.117. The van der Waals surface area contributed by atoms with Gasteiger partial charge in [-0.05, 0) is 19.1 Å². The first-order valence-electron chi connectivity index (χ1n) is 6.61. The van der Waals surface area contributed by atoms with E-state index in [1.165, 1.54) is 4.90 Å². The van der Waals surface area contributed by atoms with Gasteiger partial charge in [-0.25, -0.2) is 13.4 Å². The second kappa shape index (κ2) is 5.64. The standard InChI is InChI=1S/C14H13ClN2O3S2/c1-9-16-13(8-21-9)10-2-4-11(5-3-10)17-7-12(6-14(17)18)22(15,19)20/h2-5,8,12H,6-7H2,1H3. The third-order valence-electron chi connectivity index (χ3n) is 3.58. The van der Waals surface area contributed by atoms with Crippen LogP contribution in [0.25, 0.3) is 11.3 Å². The predicted molar refractivity (Wildman–Crippen MR) is 87.8 cm³/mol. The van der Waals surface area contributed by atoms with Crippen molar-refractivity contribution in [2.45, 2.75) is 18.6 Å². The number of aryl methyl sites for hydroxylation is 1. The van der Waals surface area contributed by atoms with E-state index in [1.807, 2.05) is 24.4 Å². The molecule has 5 nitrogen and oxygen atoms in total. The van der Waals surface area contributed by atoms with Gasteiger partial charge >= 0.3 is 0 Å². The maximum atomic E-state index is 12.0. The molecule has 1 aromatic carbocycles. The molecule has 1 unspecified atom stereocenters. The highest BCUT2D eigenvalue weighted by Gasteiger charge is 2.37. The van der Waals surface area contributed by atoms with Gasteiger partial charge in [-0.15, -0.1) is 11.3 Å². The lowest BCUT2D eigenvalue weighted by Crippen LogP contribution is -2.26. The fourth-order valence-corrected chi connectivity index (χ4v) is 4.07. The van der Waals surface area contributed by atoms with Gasteiger partial charge in [0.25, 0.3) is 0 Å². The predicted octanol–water partition coefficient (Wildman–Crippen LogP) is 2.79. The van der Waals surface area contributed by atoms with E-state index in [2.05, 4.69) is 4.98 Å². The Balaban J connectivity index is 1.83. The number of benzene rings is 1. The van der Waals surface area contributed by atoms with Gasteiger partial charge in [0, 0.05) is 40.3 Å². The van der Waals surface area contributed by atoms with Crippen LogP contribution in [0, 0.1) is 6.92 Å². The number of anilines is 1. The van der Waals surface area contributed by atoms with Gasteiger partial charge < -0.3 is 4.90 Å². The average molecular weight is 357 g/mol. The number of amides is 1. The molecule has 116 valence electrons. The van der Waals surface area contributed by atoms with Gasteiger partial charge in [0.05, 0.1) is 10.7 Å². The summed E-state index contributed by atoms with van der Waals surface area (Å²) in [6.45, 7) is 2.04. The summed E-state index contributed by atoms with van der Waals surface area (Å²) < 4.78 is 22.8. The highest BCUT2D eigenvalue weighted by atomic mass is 35.7. The Kier molecular flexibility index (Phi) is 3.96. The molecule has 1 fully saturated rings. The van der Waals surface area contributed by atoms with Crippen molar-refractivity contribution < 1.29 is 13.2 Å². The van der Waals surface area contributed by atoms with E-state index in [9.17, 15) is 13.2 Å². The monoisotopic (exact) mass is 356 g/mol. The summed E-state index contributed by atoms with van der Waals surface area (Å²) in [6, 6.07) is 7.34. The SMILES string of the molecule is Cc1nc(-c2ccc(N3CC(S(=O)(=O)Cl)CC3=O)cc2)cs1. The molecule has 1 aliphatic rings. The van der Waals surface area contributed by atoms with Crippen molar-refractivity contribution in [2.24, 2.45) is 0 Å². The van der Waals surface area contributed by atoms with Gasteiger partial charge in [0.15, 0.2) is 0 Å². The Bertz CT molecular complexity index is 815. The van der Waals surface area contributed by atoms with E-state index in [1.54, 1.807) is 23.5 Å². The first-order chi connectivity index (χ1) is 10.3. The number of hydrogen-bond donors (Lipinski definition) is 0. The summed E-state index contributed by atoms with van der Waals surface area (Å²) in [6.07, 6.45) is -0.0706. The normalized spacial score (nSPS) is 18.9. The Morgan fingerprint density at radius 2 is 2.00 bits per heavy atom. The number of carbonyl (C=O) groups is 1. The van der Waals surface area contributed by atoms with E-state index in [-0.39, 0.29) is 18.9 Å². The molecule has 1 saturated heterocycles. The fraction of sp³-hybridized carbons (Fsp3) is 0.286.